The van der Waals surface area contributed by atoms with Crippen LogP contribution in [-0.4, -0.2) is 28.8 Å². The average Bonchev–Trinajstić information content (AvgIpc) is 2.22. The maximum Gasteiger partial charge on any atom is 0.339 e. The summed E-state index contributed by atoms with van der Waals surface area (Å²) in [4.78, 5) is 11.1. The van der Waals surface area contributed by atoms with Gasteiger partial charge in [-0.2, -0.15) is 0 Å². The average molecular weight is 256 g/mol. The molecule has 17 heavy (non-hydrogen) atoms. The molecule has 3 N–H and O–H groups in total. The summed E-state index contributed by atoms with van der Waals surface area (Å²) in [5.74, 6) is -0.627. The molecule has 0 spiro atoms. The van der Waals surface area contributed by atoms with Crippen molar-refractivity contribution in [3.63, 3.8) is 0 Å². The number of halogens is 1. The van der Waals surface area contributed by atoms with E-state index in [-0.39, 0.29) is 16.7 Å². The Morgan fingerprint density at radius 3 is 2.76 bits per heavy atom. The standard InChI is InChI=1S/C12H14ClNO3/c13-9-2-1-3-10(11(9)12(16)17)14-6-7-4-8(15)5-7/h1-3,7-8,14-15H,4-6H2,(H,16,17). The van der Waals surface area contributed by atoms with Gasteiger partial charge in [0.2, 0.25) is 0 Å². The van der Waals surface area contributed by atoms with E-state index >= 15 is 0 Å². The van der Waals surface area contributed by atoms with E-state index in [0.717, 1.165) is 12.8 Å². The number of hydrogen-bond acceptors (Lipinski definition) is 3. The van der Waals surface area contributed by atoms with Gasteiger partial charge in [-0.1, -0.05) is 17.7 Å². The van der Waals surface area contributed by atoms with Gasteiger partial charge in [-0.15, -0.1) is 0 Å². The Hall–Kier alpha value is -1.26. The van der Waals surface area contributed by atoms with E-state index in [4.69, 9.17) is 21.8 Å². The molecule has 0 atom stereocenters. The molecule has 4 nitrogen and oxygen atoms in total. The molecule has 1 aliphatic rings. The summed E-state index contributed by atoms with van der Waals surface area (Å²) in [7, 11) is 0. The summed E-state index contributed by atoms with van der Waals surface area (Å²) in [6, 6.07) is 4.97. The number of hydrogen-bond donors (Lipinski definition) is 3. The molecule has 1 aliphatic carbocycles. The minimum atomic E-state index is -1.04. The fourth-order valence-corrected chi connectivity index (χ4v) is 2.27. The van der Waals surface area contributed by atoms with Gasteiger partial charge in [0.25, 0.3) is 0 Å². The number of rotatable bonds is 4. The van der Waals surface area contributed by atoms with Crippen LogP contribution in [-0.2, 0) is 0 Å². The molecule has 1 fully saturated rings. The smallest absolute Gasteiger partial charge is 0.339 e. The van der Waals surface area contributed by atoms with Gasteiger partial charge >= 0.3 is 5.97 Å². The Morgan fingerprint density at radius 1 is 1.47 bits per heavy atom. The summed E-state index contributed by atoms with van der Waals surface area (Å²) < 4.78 is 0. The number of anilines is 1. The zero-order chi connectivity index (χ0) is 12.4. The number of benzene rings is 1. The van der Waals surface area contributed by atoms with E-state index in [1.807, 2.05) is 0 Å². The van der Waals surface area contributed by atoms with Crippen LogP contribution in [0.1, 0.15) is 23.2 Å². The van der Waals surface area contributed by atoms with Crippen molar-refractivity contribution in [1.29, 1.82) is 0 Å². The van der Waals surface area contributed by atoms with Gasteiger partial charge in [-0.05, 0) is 30.9 Å². The fourth-order valence-electron chi connectivity index (χ4n) is 2.01. The summed E-state index contributed by atoms with van der Waals surface area (Å²) >= 11 is 5.85. The molecule has 0 saturated heterocycles. The molecule has 0 amide bonds. The largest absolute Gasteiger partial charge is 0.478 e. The van der Waals surface area contributed by atoms with Crippen molar-refractivity contribution >= 4 is 23.3 Å². The Bertz CT molecular complexity index is 430. The van der Waals surface area contributed by atoms with Crippen LogP contribution in [0.4, 0.5) is 5.69 Å². The molecule has 1 saturated carbocycles. The summed E-state index contributed by atoms with van der Waals surface area (Å²) in [5, 5.41) is 21.5. The molecule has 5 heteroatoms. The molecular formula is C12H14ClNO3. The number of carboxylic acid groups (broad SMARTS) is 1. The van der Waals surface area contributed by atoms with E-state index in [0.29, 0.717) is 18.2 Å². The van der Waals surface area contributed by atoms with Crippen molar-refractivity contribution in [3.8, 4) is 0 Å². The first-order valence-corrected chi connectivity index (χ1v) is 5.89. The third-order valence-corrected chi connectivity index (χ3v) is 3.33. The lowest BCUT2D eigenvalue weighted by Crippen LogP contribution is -2.33. The van der Waals surface area contributed by atoms with Crippen molar-refractivity contribution in [2.24, 2.45) is 5.92 Å². The van der Waals surface area contributed by atoms with E-state index in [9.17, 15) is 4.79 Å². The van der Waals surface area contributed by atoms with Gasteiger partial charge in [0.15, 0.2) is 0 Å². The van der Waals surface area contributed by atoms with Gasteiger partial charge in [0, 0.05) is 6.54 Å². The lowest BCUT2D eigenvalue weighted by Gasteiger charge is -2.31. The molecule has 0 heterocycles. The van der Waals surface area contributed by atoms with Crippen molar-refractivity contribution in [1.82, 2.24) is 0 Å². The van der Waals surface area contributed by atoms with Gasteiger partial charge in [-0.3, -0.25) is 0 Å². The van der Waals surface area contributed by atoms with Crippen molar-refractivity contribution in [3.05, 3.63) is 28.8 Å². The van der Waals surface area contributed by atoms with Crippen LogP contribution < -0.4 is 5.32 Å². The Kier molecular flexibility index (Phi) is 3.54. The van der Waals surface area contributed by atoms with E-state index < -0.39 is 5.97 Å². The predicted octanol–water partition coefficient (Wildman–Crippen LogP) is 2.22. The van der Waals surface area contributed by atoms with Crippen LogP contribution in [0.5, 0.6) is 0 Å². The lowest BCUT2D eigenvalue weighted by molar-refractivity contribution is 0.0486. The quantitative estimate of drug-likeness (QED) is 0.772. The SMILES string of the molecule is O=C(O)c1c(Cl)cccc1NCC1CC(O)C1. The first kappa shape index (κ1) is 12.2. The highest BCUT2D eigenvalue weighted by Gasteiger charge is 2.27. The maximum atomic E-state index is 11.1. The monoisotopic (exact) mass is 255 g/mol. The molecule has 0 radical (unpaired) electrons. The highest BCUT2D eigenvalue weighted by atomic mass is 35.5. The Morgan fingerprint density at radius 2 is 2.18 bits per heavy atom. The molecule has 92 valence electrons. The van der Waals surface area contributed by atoms with Crippen LogP contribution in [0.25, 0.3) is 0 Å². The summed E-state index contributed by atoms with van der Waals surface area (Å²) in [6.07, 6.45) is 1.35. The minimum absolute atomic E-state index is 0.106. The molecule has 1 aromatic rings. The Labute approximate surface area is 104 Å². The molecule has 1 aromatic carbocycles. The zero-order valence-corrected chi connectivity index (χ0v) is 9.94. The number of carboxylic acids is 1. The number of nitrogens with one attached hydrogen (secondary N) is 1. The van der Waals surface area contributed by atoms with E-state index in [1.165, 1.54) is 0 Å². The highest BCUT2D eigenvalue weighted by molar-refractivity contribution is 6.34. The van der Waals surface area contributed by atoms with Crippen molar-refractivity contribution in [2.45, 2.75) is 18.9 Å². The normalized spacial score (nSPS) is 22.9. The minimum Gasteiger partial charge on any atom is -0.478 e. The fraction of sp³-hybridized carbons (Fsp3) is 0.417. The molecule has 0 bridgehead atoms. The van der Waals surface area contributed by atoms with Gasteiger partial charge in [-0.25, -0.2) is 4.79 Å². The molecule has 0 aromatic heterocycles. The van der Waals surface area contributed by atoms with Crippen LogP contribution in [0.15, 0.2) is 18.2 Å². The van der Waals surface area contributed by atoms with Crippen LogP contribution in [0, 0.1) is 5.92 Å². The number of aliphatic hydroxyl groups excluding tert-OH is 1. The Balaban J connectivity index is 2.05. The predicted molar refractivity (Wildman–Crippen MR) is 65.6 cm³/mol. The second-order valence-electron chi connectivity index (χ2n) is 4.34. The first-order valence-electron chi connectivity index (χ1n) is 5.51. The topological polar surface area (TPSA) is 69.6 Å². The molecule has 2 rings (SSSR count). The zero-order valence-electron chi connectivity index (χ0n) is 9.19. The summed E-state index contributed by atoms with van der Waals surface area (Å²) in [5.41, 5.74) is 0.639. The van der Waals surface area contributed by atoms with Crippen molar-refractivity contribution < 1.29 is 15.0 Å². The third-order valence-electron chi connectivity index (χ3n) is 3.02. The number of aliphatic hydroxyl groups is 1. The molecule has 0 unspecified atom stereocenters. The summed E-state index contributed by atoms with van der Waals surface area (Å²) in [6.45, 7) is 0.664. The molecule has 0 aliphatic heterocycles. The number of carbonyl (C=O) groups is 1. The van der Waals surface area contributed by atoms with E-state index in [1.54, 1.807) is 18.2 Å². The van der Waals surface area contributed by atoms with Crippen molar-refractivity contribution in [2.75, 3.05) is 11.9 Å². The highest BCUT2D eigenvalue weighted by Crippen LogP contribution is 2.29. The maximum absolute atomic E-state index is 11.1. The molecular weight excluding hydrogens is 242 g/mol. The van der Waals surface area contributed by atoms with E-state index in [2.05, 4.69) is 5.32 Å². The van der Waals surface area contributed by atoms with Gasteiger partial charge < -0.3 is 15.5 Å². The third kappa shape index (κ3) is 2.70. The first-order chi connectivity index (χ1) is 8.08. The van der Waals surface area contributed by atoms with Crippen LogP contribution in [0.2, 0.25) is 5.02 Å². The van der Waals surface area contributed by atoms with Crippen LogP contribution >= 0.6 is 11.6 Å². The lowest BCUT2D eigenvalue weighted by atomic mass is 9.82. The van der Waals surface area contributed by atoms with Crippen LogP contribution in [0.3, 0.4) is 0 Å². The number of aromatic carboxylic acids is 1. The van der Waals surface area contributed by atoms with Gasteiger partial charge in [0.05, 0.1) is 16.8 Å². The van der Waals surface area contributed by atoms with Gasteiger partial charge in [0.1, 0.15) is 5.56 Å². The second-order valence-corrected chi connectivity index (χ2v) is 4.75. The second kappa shape index (κ2) is 4.94.